The van der Waals surface area contributed by atoms with Crippen LogP contribution in [0.5, 0.6) is 0 Å². The van der Waals surface area contributed by atoms with Gasteiger partial charge in [-0.25, -0.2) is 9.97 Å². The molecule has 1 aliphatic rings. The predicted octanol–water partition coefficient (Wildman–Crippen LogP) is 2.07. The molecule has 0 atom stereocenters. The van der Waals surface area contributed by atoms with Crippen molar-refractivity contribution in [2.45, 2.75) is 4.90 Å². The Labute approximate surface area is 149 Å². The number of rotatable bonds is 4. The minimum absolute atomic E-state index is 0.140. The Hall–Kier alpha value is -2.68. The summed E-state index contributed by atoms with van der Waals surface area (Å²) in [7, 11) is 0. The zero-order chi connectivity index (χ0) is 17.8. The molecule has 8 nitrogen and oxygen atoms in total. The molecule has 1 saturated heterocycles. The molecule has 1 amide bonds. The lowest BCUT2D eigenvalue weighted by Crippen LogP contribution is -2.49. The van der Waals surface area contributed by atoms with Crippen LogP contribution in [0.1, 0.15) is 10.4 Å². The highest BCUT2D eigenvalue weighted by molar-refractivity contribution is 7.98. The number of anilines is 1. The number of thioether (sulfide) groups is 1. The van der Waals surface area contributed by atoms with Crippen molar-refractivity contribution in [2.24, 2.45) is 0 Å². The third-order valence-corrected chi connectivity index (χ3v) is 4.76. The molecule has 2 heterocycles. The van der Waals surface area contributed by atoms with Crippen LogP contribution < -0.4 is 4.90 Å². The first kappa shape index (κ1) is 17.2. The molecule has 25 heavy (non-hydrogen) atoms. The first-order valence-corrected chi connectivity index (χ1v) is 8.96. The average molecular weight is 359 g/mol. The van der Waals surface area contributed by atoms with Crippen LogP contribution in [0.3, 0.4) is 0 Å². The molecule has 3 rings (SSSR count). The fourth-order valence-corrected chi connectivity index (χ4v) is 3.15. The Bertz CT molecular complexity index is 779. The summed E-state index contributed by atoms with van der Waals surface area (Å²) in [5, 5.41) is 11.2. The topological polar surface area (TPSA) is 92.5 Å². The van der Waals surface area contributed by atoms with Gasteiger partial charge in [0.2, 0.25) is 5.95 Å². The van der Waals surface area contributed by atoms with Gasteiger partial charge in [-0.05, 0) is 24.5 Å². The molecule has 2 aromatic rings. The maximum atomic E-state index is 12.8. The molecular formula is C16H17N5O3S. The highest BCUT2D eigenvalue weighted by Crippen LogP contribution is 2.26. The maximum Gasteiger partial charge on any atom is 0.282 e. The van der Waals surface area contributed by atoms with E-state index < -0.39 is 4.92 Å². The van der Waals surface area contributed by atoms with Crippen molar-refractivity contribution in [1.82, 2.24) is 14.9 Å². The van der Waals surface area contributed by atoms with Crippen molar-refractivity contribution >= 4 is 29.3 Å². The van der Waals surface area contributed by atoms with Gasteiger partial charge < -0.3 is 9.80 Å². The van der Waals surface area contributed by atoms with Gasteiger partial charge in [0.25, 0.3) is 11.6 Å². The van der Waals surface area contributed by atoms with E-state index in [1.807, 2.05) is 11.2 Å². The number of amides is 1. The highest BCUT2D eigenvalue weighted by Gasteiger charge is 2.28. The lowest BCUT2D eigenvalue weighted by atomic mass is 10.1. The number of hydrogen-bond acceptors (Lipinski definition) is 7. The number of piperazine rings is 1. The second kappa shape index (κ2) is 7.47. The predicted molar refractivity (Wildman–Crippen MR) is 95.0 cm³/mol. The van der Waals surface area contributed by atoms with E-state index in [9.17, 15) is 14.9 Å². The third kappa shape index (κ3) is 3.71. The summed E-state index contributed by atoms with van der Waals surface area (Å²) in [5.41, 5.74) is -0.0158. The molecular weight excluding hydrogens is 342 g/mol. The molecule has 0 saturated carbocycles. The summed E-state index contributed by atoms with van der Waals surface area (Å²) in [6, 6.07) is 6.40. The zero-order valence-corrected chi connectivity index (χ0v) is 14.5. The normalized spacial score (nSPS) is 14.4. The standard InChI is InChI=1S/C16H17N5O3S/c1-25-12-3-4-14(21(23)24)13(11-12)15(22)19-7-9-20(10-8-19)16-17-5-2-6-18-16/h2-6,11H,7-10H2,1H3. The van der Waals surface area contributed by atoms with Crippen molar-refractivity contribution < 1.29 is 9.72 Å². The fourth-order valence-electron chi connectivity index (χ4n) is 2.71. The van der Waals surface area contributed by atoms with Crippen LogP contribution in [0.25, 0.3) is 0 Å². The van der Waals surface area contributed by atoms with E-state index in [4.69, 9.17) is 0 Å². The fraction of sp³-hybridized carbons (Fsp3) is 0.312. The van der Waals surface area contributed by atoms with Crippen LogP contribution in [-0.2, 0) is 0 Å². The molecule has 1 fully saturated rings. The minimum atomic E-state index is -0.509. The van der Waals surface area contributed by atoms with Crippen LogP contribution in [0.15, 0.2) is 41.6 Å². The number of hydrogen-bond donors (Lipinski definition) is 0. The molecule has 0 radical (unpaired) electrons. The quantitative estimate of drug-likeness (QED) is 0.469. The first-order chi connectivity index (χ1) is 12.1. The summed E-state index contributed by atoms with van der Waals surface area (Å²) in [6.07, 6.45) is 5.22. The van der Waals surface area contributed by atoms with Crippen LogP contribution in [0, 0.1) is 10.1 Å². The molecule has 1 aliphatic heterocycles. The van der Waals surface area contributed by atoms with E-state index in [1.54, 1.807) is 35.5 Å². The van der Waals surface area contributed by atoms with Gasteiger partial charge in [-0.15, -0.1) is 11.8 Å². The Balaban J connectivity index is 1.75. The molecule has 0 bridgehead atoms. The molecule has 0 aliphatic carbocycles. The molecule has 9 heteroatoms. The van der Waals surface area contributed by atoms with Gasteiger partial charge in [-0.2, -0.15) is 0 Å². The van der Waals surface area contributed by atoms with E-state index in [2.05, 4.69) is 9.97 Å². The zero-order valence-electron chi connectivity index (χ0n) is 13.7. The monoisotopic (exact) mass is 359 g/mol. The van der Waals surface area contributed by atoms with E-state index in [-0.39, 0.29) is 17.2 Å². The molecule has 0 N–H and O–H groups in total. The summed E-state index contributed by atoms with van der Waals surface area (Å²) in [4.78, 5) is 36.4. The Morgan fingerprint density at radius 3 is 2.48 bits per heavy atom. The van der Waals surface area contributed by atoms with Gasteiger partial charge in [0.15, 0.2) is 0 Å². The van der Waals surface area contributed by atoms with Crippen molar-refractivity contribution in [1.29, 1.82) is 0 Å². The van der Waals surface area contributed by atoms with E-state index in [0.29, 0.717) is 32.1 Å². The van der Waals surface area contributed by atoms with Gasteiger partial charge in [0.1, 0.15) is 5.56 Å². The molecule has 130 valence electrons. The first-order valence-electron chi connectivity index (χ1n) is 7.74. The summed E-state index contributed by atoms with van der Waals surface area (Å²) in [5.74, 6) is 0.321. The Morgan fingerprint density at radius 1 is 1.20 bits per heavy atom. The number of nitro groups is 1. The summed E-state index contributed by atoms with van der Waals surface area (Å²) >= 11 is 1.45. The van der Waals surface area contributed by atoms with Crippen LogP contribution >= 0.6 is 11.8 Å². The Morgan fingerprint density at radius 2 is 1.88 bits per heavy atom. The molecule has 1 aromatic heterocycles. The lowest BCUT2D eigenvalue weighted by molar-refractivity contribution is -0.385. The van der Waals surface area contributed by atoms with Gasteiger partial charge in [-0.1, -0.05) is 0 Å². The van der Waals surface area contributed by atoms with Crippen molar-refractivity contribution in [3.63, 3.8) is 0 Å². The summed E-state index contributed by atoms with van der Waals surface area (Å²) in [6.45, 7) is 2.12. The van der Waals surface area contributed by atoms with E-state index >= 15 is 0 Å². The number of nitro benzene ring substituents is 1. The number of aromatic nitrogens is 2. The van der Waals surface area contributed by atoms with Gasteiger partial charge in [0, 0.05) is 49.5 Å². The van der Waals surface area contributed by atoms with Crippen LogP contribution in [-0.4, -0.2) is 58.1 Å². The minimum Gasteiger partial charge on any atom is -0.337 e. The average Bonchev–Trinajstić information content (AvgIpc) is 2.67. The Kier molecular flexibility index (Phi) is 5.13. The summed E-state index contributed by atoms with van der Waals surface area (Å²) < 4.78 is 0. The van der Waals surface area contributed by atoms with Gasteiger partial charge >= 0.3 is 0 Å². The molecule has 1 aromatic carbocycles. The van der Waals surface area contributed by atoms with Crippen LogP contribution in [0.4, 0.5) is 11.6 Å². The highest BCUT2D eigenvalue weighted by atomic mass is 32.2. The van der Waals surface area contributed by atoms with Gasteiger partial charge in [-0.3, -0.25) is 14.9 Å². The lowest BCUT2D eigenvalue weighted by Gasteiger charge is -2.34. The maximum absolute atomic E-state index is 12.8. The van der Waals surface area contributed by atoms with E-state index in [0.717, 1.165) is 4.90 Å². The van der Waals surface area contributed by atoms with Crippen LogP contribution in [0.2, 0.25) is 0 Å². The molecule has 0 unspecified atom stereocenters. The van der Waals surface area contributed by atoms with Crippen molar-refractivity contribution in [3.8, 4) is 0 Å². The second-order valence-corrected chi connectivity index (χ2v) is 6.35. The van der Waals surface area contributed by atoms with E-state index in [1.165, 1.54) is 17.8 Å². The van der Waals surface area contributed by atoms with Gasteiger partial charge in [0.05, 0.1) is 4.92 Å². The number of benzene rings is 1. The number of nitrogens with zero attached hydrogens (tertiary/aromatic N) is 5. The van der Waals surface area contributed by atoms with Crippen molar-refractivity contribution in [2.75, 3.05) is 37.3 Å². The number of carbonyl (C=O) groups excluding carboxylic acids is 1. The number of carbonyl (C=O) groups is 1. The largest absolute Gasteiger partial charge is 0.337 e. The third-order valence-electron chi connectivity index (χ3n) is 4.03. The molecule has 0 spiro atoms. The second-order valence-electron chi connectivity index (χ2n) is 5.47. The smallest absolute Gasteiger partial charge is 0.282 e. The van der Waals surface area contributed by atoms with Crippen molar-refractivity contribution in [3.05, 3.63) is 52.3 Å². The SMILES string of the molecule is CSc1ccc([N+](=O)[O-])c(C(=O)N2CCN(c3ncccn3)CC2)c1.